The van der Waals surface area contributed by atoms with E-state index in [0.29, 0.717) is 10.5 Å². The van der Waals surface area contributed by atoms with E-state index < -0.39 is 5.82 Å². The number of thiocyanates is 1. The molecule has 0 N–H and O–H groups in total. The first-order chi connectivity index (χ1) is 10.7. The average molecular weight is 327 g/mol. The minimum absolute atomic E-state index is 0.324. The molecule has 22 heavy (non-hydrogen) atoms. The van der Waals surface area contributed by atoms with Crippen molar-refractivity contribution in [1.82, 2.24) is 0 Å². The lowest BCUT2D eigenvalue weighted by atomic mass is 10.2. The Morgan fingerprint density at radius 3 is 2.36 bits per heavy atom. The predicted molar refractivity (Wildman–Crippen MR) is 91.3 cm³/mol. The Morgan fingerprint density at radius 1 is 1.05 bits per heavy atom. The molecule has 0 spiro atoms. The van der Waals surface area contributed by atoms with Crippen LogP contribution in [0.4, 0.5) is 4.39 Å². The van der Waals surface area contributed by atoms with Crippen molar-refractivity contribution in [2.24, 2.45) is 0 Å². The van der Waals surface area contributed by atoms with Crippen LogP contribution in [0.1, 0.15) is 24.5 Å². The SMILES string of the molecule is CCCSc1ccc(C#Cc2ccc(SC#N)c(F)c2)cc1. The lowest BCUT2D eigenvalue weighted by Gasteiger charge is -1.99. The summed E-state index contributed by atoms with van der Waals surface area (Å²) in [5.41, 5.74) is 1.50. The summed E-state index contributed by atoms with van der Waals surface area (Å²) in [6, 6.07) is 12.7. The number of hydrogen-bond acceptors (Lipinski definition) is 3. The van der Waals surface area contributed by atoms with Gasteiger partial charge in [-0.05, 0) is 66.4 Å². The van der Waals surface area contributed by atoms with Gasteiger partial charge in [-0.2, -0.15) is 5.26 Å². The van der Waals surface area contributed by atoms with Crippen LogP contribution in [0.15, 0.2) is 52.3 Å². The van der Waals surface area contributed by atoms with Gasteiger partial charge in [0.1, 0.15) is 11.2 Å². The number of thioether (sulfide) groups is 2. The fourth-order valence-electron chi connectivity index (χ4n) is 1.71. The van der Waals surface area contributed by atoms with Crippen molar-refractivity contribution in [3.05, 3.63) is 59.4 Å². The van der Waals surface area contributed by atoms with Crippen molar-refractivity contribution >= 4 is 23.5 Å². The molecule has 0 bridgehead atoms. The zero-order valence-corrected chi connectivity index (χ0v) is 13.7. The summed E-state index contributed by atoms with van der Waals surface area (Å²) in [5, 5.41) is 10.4. The molecule has 0 radical (unpaired) electrons. The number of rotatable bonds is 4. The van der Waals surface area contributed by atoms with Crippen LogP contribution in [0.5, 0.6) is 0 Å². The molecule has 0 unspecified atom stereocenters. The van der Waals surface area contributed by atoms with Gasteiger partial charge >= 0.3 is 0 Å². The second-order valence-electron chi connectivity index (χ2n) is 4.46. The Hall–Kier alpha value is -1.88. The normalized spacial score (nSPS) is 9.68. The van der Waals surface area contributed by atoms with Gasteiger partial charge < -0.3 is 0 Å². The van der Waals surface area contributed by atoms with E-state index in [4.69, 9.17) is 5.26 Å². The highest BCUT2D eigenvalue weighted by atomic mass is 32.2. The summed E-state index contributed by atoms with van der Waals surface area (Å²) >= 11 is 2.64. The van der Waals surface area contributed by atoms with E-state index >= 15 is 0 Å². The second kappa shape index (κ2) is 8.54. The summed E-state index contributed by atoms with van der Waals surface area (Å²) in [4.78, 5) is 1.56. The molecule has 2 aromatic carbocycles. The third-order valence-electron chi connectivity index (χ3n) is 2.77. The summed E-state index contributed by atoms with van der Waals surface area (Å²) in [6.45, 7) is 2.16. The van der Waals surface area contributed by atoms with Crippen molar-refractivity contribution in [2.75, 3.05) is 5.75 Å². The summed E-state index contributed by atoms with van der Waals surface area (Å²) in [6.07, 6.45) is 1.15. The van der Waals surface area contributed by atoms with Crippen LogP contribution < -0.4 is 0 Å². The van der Waals surface area contributed by atoms with E-state index in [1.807, 2.05) is 29.3 Å². The Morgan fingerprint density at radius 2 is 1.73 bits per heavy atom. The first kappa shape index (κ1) is 16.5. The lowest BCUT2D eigenvalue weighted by molar-refractivity contribution is 0.602. The van der Waals surface area contributed by atoms with E-state index in [1.54, 1.807) is 12.1 Å². The second-order valence-corrected chi connectivity index (χ2v) is 6.46. The Balaban J connectivity index is 2.10. The molecular weight excluding hydrogens is 313 g/mol. The molecule has 1 nitrogen and oxygen atoms in total. The number of hydrogen-bond donors (Lipinski definition) is 0. The van der Waals surface area contributed by atoms with Gasteiger partial charge in [-0.1, -0.05) is 18.8 Å². The van der Waals surface area contributed by atoms with Gasteiger partial charge in [-0.3, -0.25) is 0 Å². The third kappa shape index (κ3) is 4.84. The summed E-state index contributed by atoms with van der Waals surface area (Å²) in [7, 11) is 0. The summed E-state index contributed by atoms with van der Waals surface area (Å²) < 4.78 is 13.7. The van der Waals surface area contributed by atoms with Gasteiger partial charge in [0, 0.05) is 16.0 Å². The van der Waals surface area contributed by atoms with Crippen molar-refractivity contribution < 1.29 is 4.39 Å². The highest BCUT2D eigenvalue weighted by Crippen LogP contribution is 2.21. The van der Waals surface area contributed by atoms with Crippen molar-refractivity contribution in [2.45, 2.75) is 23.1 Å². The Labute approximate surface area is 138 Å². The van der Waals surface area contributed by atoms with E-state index in [1.165, 1.54) is 11.0 Å². The molecule has 0 aliphatic rings. The minimum atomic E-state index is -0.412. The van der Waals surface area contributed by atoms with Gasteiger partial charge in [0.25, 0.3) is 0 Å². The molecule has 0 heterocycles. The zero-order valence-electron chi connectivity index (χ0n) is 12.1. The minimum Gasteiger partial charge on any atom is -0.206 e. The molecule has 110 valence electrons. The highest BCUT2D eigenvalue weighted by Gasteiger charge is 2.02. The first-order valence-electron chi connectivity index (χ1n) is 6.83. The highest BCUT2D eigenvalue weighted by molar-refractivity contribution is 8.03. The number of nitrogens with zero attached hydrogens (tertiary/aromatic N) is 1. The standard InChI is InChI=1S/C18H14FNS2/c1-2-11-21-16-8-5-14(6-9-16)3-4-15-7-10-18(22-13-20)17(19)12-15/h5-10,12H,2,11H2,1H3. The first-order valence-corrected chi connectivity index (χ1v) is 8.63. The van der Waals surface area contributed by atoms with E-state index in [0.717, 1.165) is 29.5 Å². The third-order valence-corrected chi connectivity index (χ3v) is 4.63. The van der Waals surface area contributed by atoms with Gasteiger partial charge in [0.2, 0.25) is 0 Å². The van der Waals surface area contributed by atoms with Gasteiger partial charge in [-0.15, -0.1) is 11.8 Å². The molecule has 0 aliphatic heterocycles. The van der Waals surface area contributed by atoms with Crippen LogP contribution >= 0.6 is 23.5 Å². The molecule has 4 heteroatoms. The average Bonchev–Trinajstić information content (AvgIpc) is 2.54. The monoisotopic (exact) mass is 327 g/mol. The largest absolute Gasteiger partial charge is 0.206 e. The Bertz CT molecular complexity index is 736. The van der Waals surface area contributed by atoms with Crippen LogP contribution in [-0.4, -0.2) is 5.75 Å². The molecular formula is C18H14FNS2. The van der Waals surface area contributed by atoms with E-state index in [9.17, 15) is 4.39 Å². The molecule has 0 amide bonds. The molecule has 0 fully saturated rings. The molecule has 2 rings (SSSR count). The van der Waals surface area contributed by atoms with Crippen LogP contribution in [0.3, 0.4) is 0 Å². The maximum Gasteiger partial charge on any atom is 0.139 e. The van der Waals surface area contributed by atoms with Crippen molar-refractivity contribution in [3.8, 4) is 17.2 Å². The van der Waals surface area contributed by atoms with Gasteiger partial charge in [0.05, 0.1) is 4.90 Å². The molecule has 0 atom stereocenters. The molecule has 0 aliphatic carbocycles. The zero-order chi connectivity index (χ0) is 15.8. The number of halogens is 1. The molecule has 0 aromatic heterocycles. The van der Waals surface area contributed by atoms with E-state index in [-0.39, 0.29) is 0 Å². The number of nitriles is 1. The van der Waals surface area contributed by atoms with Crippen LogP contribution in [0.25, 0.3) is 0 Å². The fraction of sp³-hybridized carbons (Fsp3) is 0.167. The van der Waals surface area contributed by atoms with Crippen molar-refractivity contribution in [1.29, 1.82) is 5.26 Å². The molecule has 0 saturated carbocycles. The predicted octanol–water partition coefficient (Wildman–Crippen LogP) is 5.30. The van der Waals surface area contributed by atoms with Gasteiger partial charge in [0.15, 0.2) is 0 Å². The molecule has 0 saturated heterocycles. The van der Waals surface area contributed by atoms with Gasteiger partial charge in [-0.25, -0.2) is 4.39 Å². The van der Waals surface area contributed by atoms with E-state index in [2.05, 4.69) is 30.9 Å². The maximum atomic E-state index is 13.7. The lowest BCUT2D eigenvalue weighted by Crippen LogP contribution is -1.83. The molecule has 2 aromatic rings. The van der Waals surface area contributed by atoms with Crippen LogP contribution in [0, 0.1) is 28.3 Å². The maximum absolute atomic E-state index is 13.7. The van der Waals surface area contributed by atoms with Crippen LogP contribution in [-0.2, 0) is 0 Å². The smallest absolute Gasteiger partial charge is 0.139 e. The Kier molecular flexibility index (Phi) is 6.40. The van der Waals surface area contributed by atoms with Crippen LogP contribution in [0.2, 0.25) is 0 Å². The quantitative estimate of drug-likeness (QED) is 0.432. The summed E-state index contributed by atoms with van der Waals surface area (Å²) in [5.74, 6) is 6.67. The fourth-order valence-corrected chi connectivity index (χ4v) is 2.87. The number of benzene rings is 2. The topological polar surface area (TPSA) is 23.8 Å². The van der Waals surface area contributed by atoms with Crippen molar-refractivity contribution in [3.63, 3.8) is 0 Å².